The van der Waals surface area contributed by atoms with Gasteiger partial charge in [0, 0.05) is 44.3 Å². The molecule has 3 aromatic rings. The summed E-state index contributed by atoms with van der Waals surface area (Å²) in [6.07, 6.45) is 3.44. The van der Waals surface area contributed by atoms with Gasteiger partial charge in [0.15, 0.2) is 0 Å². The summed E-state index contributed by atoms with van der Waals surface area (Å²) in [6.45, 7) is 4.97. The first-order valence-corrected chi connectivity index (χ1v) is 9.44. The van der Waals surface area contributed by atoms with Crippen LogP contribution in [0.2, 0.25) is 0 Å². The molecule has 1 amide bonds. The van der Waals surface area contributed by atoms with Gasteiger partial charge >= 0.3 is 0 Å². The zero-order valence-corrected chi connectivity index (χ0v) is 15.9. The van der Waals surface area contributed by atoms with Crippen molar-refractivity contribution >= 4 is 23.2 Å². The zero-order valence-electron chi connectivity index (χ0n) is 15.9. The third-order valence-electron chi connectivity index (χ3n) is 4.84. The van der Waals surface area contributed by atoms with Gasteiger partial charge in [-0.1, -0.05) is 18.2 Å². The van der Waals surface area contributed by atoms with E-state index in [1.54, 1.807) is 12.4 Å². The Balaban J connectivity index is 1.36. The average molecular weight is 373 g/mol. The number of nitrogens with one attached hydrogen (secondary N) is 1. The van der Waals surface area contributed by atoms with Crippen LogP contribution in [-0.2, 0) is 0 Å². The number of nitrogens with zero attached hydrogens (tertiary/aromatic N) is 4. The first kappa shape index (κ1) is 18.0. The van der Waals surface area contributed by atoms with Gasteiger partial charge in [0.2, 0.25) is 0 Å². The molecule has 0 bridgehead atoms. The normalized spacial score (nSPS) is 14.0. The third kappa shape index (κ3) is 4.11. The highest BCUT2D eigenvalue weighted by molar-refractivity contribution is 5.94. The molecule has 3 heterocycles. The second kappa shape index (κ2) is 8.08. The van der Waals surface area contributed by atoms with Crippen molar-refractivity contribution < 1.29 is 4.79 Å². The van der Waals surface area contributed by atoms with Gasteiger partial charge in [-0.15, -0.1) is 0 Å². The van der Waals surface area contributed by atoms with E-state index in [-0.39, 0.29) is 5.91 Å². The molecule has 1 N–H and O–H groups in total. The first-order valence-electron chi connectivity index (χ1n) is 9.44. The van der Waals surface area contributed by atoms with Gasteiger partial charge in [-0.25, -0.2) is 9.97 Å². The maximum Gasteiger partial charge on any atom is 0.255 e. The highest BCUT2D eigenvalue weighted by atomic mass is 16.2. The summed E-state index contributed by atoms with van der Waals surface area (Å²) in [5.41, 5.74) is 2.78. The standard InChI is InChI=1S/C22H23N5O/c1-17-5-4-6-19(15-17)25-20-9-8-18(16-24-20)22(28)27-13-11-26(12-14-27)21-7-2-3-10-23-21/h2-10,15-16H,11-14H2,1H3,(H,24,25). The van der Waals surface area contributed by atoms with Crippen LogP contribution in [0.5, 0.6) is 0 Å². The number of rotatable bonds is 4. The third-order valence-corrected chi connectivity index (χ3v) is 4.84. The summed E-state index contributed by atoms with van der Waals surface area (Å²) >= 11 is 0. The minimum absolute atomic E-state index is 0.0234. The van der Waals surface area contributed by atoms with Gasteiger partial charge in [0.25, 0.3) is 5.91 Å². The molecule has 0 unspecified atom stereocenters. The summed E-state index contributed by atoms with van der Waals surface area (Å²) in [6, 6.07) is 17.7. The van der Waals surface area contributed by atoms with Crippen LogP contribution in [0.25, 0.3) is 0 Å². The highest BCUT2D eigenvalue weighted by Gasteiger charge is 2.22. The summed E-state index contributed by atoms with van der Waals surface area (Å²) in [5.74, 6) is 1.71. The topological polar surface area (TPSA) is 61.4 Å². The van der Waals surface area contributed by atoms with Crippen molar-refractivity contribution in [2.75, 3.05) is 36.4 Å². The minimum atomic E-state index is 0.0234. The Morgan fingerprint density at radius 1 is 0.964 bits per heavy atom. The van der Waals surface area contributed by atoms with Crippen molar-refractivity contribution in [3.8, 4) is 0 Å². The Morgan fingerprint density at radius 2 is 1.82 bits per heavy atom. The number of hydrogen-bond donors (Lipinski definition) is 1. The van der Waals surface area contributed by atoms with Crippen LogP contribution >= 0.6 is 0 Å². The number of anilines is 3. The zero-order chi connectivity index (χ0) is 19.3. The molecule has 0 atom stereocenters. The minimum Gasteiger partial charge on any atom is -0.353 e. The Labute approximate surface area is 164 Å². The number of amides is 1. The van der Waals surface area contributed by atoms with Gasteiger partial charge in [0.05, 0.1) is 5.56 Å². The monoisotopic (exact) mass is 373 g/mol. The SMILES string of the molecule is Cc1cccc(Nc2ccc(C(=O)N3CCN(c4ccccn4)CC3)cn2)c1. The van der Waals surface area contributed by atoms with Crippen LogP contribution in [0.4, 0.5) is 17.3 Å². The van der Waals surface area contributed by atoms with Gasteiger partial charge in [-0.2, -0.15) is 0 Å². The molecular weight excluding hydrogens is 350 g/mol. The summed E-state index contributed by atoms with van der Waals surface area (Å²) < 4.78 is 0. The lowest BCUT2D eigenvalue weighted by atomic mass is 10.2. The maximum absolute atomic E-state index is 12.8. The summed E-state index contributed by atoms with van der Waals surface area (Å²) in [4.78, 5) is 25.7. The summed E-state index contributed by atoms with van der Waals surface area (Å²) in [7, 11) is 0. The molecular formula is C22H23N5O. The average Bonchev–Trinajstić information content (AvgIpc) is 2.75. The number of hydrogen-bond acceptors (Lipinski definition) is 5. The molecule has 1 aromatic carbocycles. The molecule has 2 aromatic heterocycles. The molecule has 0 radical (unpaired) electrons. The van der Waals surface area contributed by atoms with Crippen molar-refractivity contribution in [1.82, 2.24) is 14.9 Å². The van der Waals surface area contributed by atoms with Crippen LogP contribution in [0.3, 0.4) is 0 Å². The lowest BCUT2D eigenvalue weighted by Crippen LogP contribution is -2.49. The molecule has 0 aliphatic carbocycles. The lowest BCUT2D eigenvalue weighted by molar-refractivity contribution is 0.0746. The Kier molecular flexibility index (Phi) is 5.19. The Hall–Kier alpha value is -3.41. The fourth-order valence-corrected chi connectivity index (χ4v) is 3.33. The van der Waals surface area contributed by atoms with Crippen LogP contribution in [-0.4, -0.2) is 47.0 Å². The number of benzene rings is 1. The molecule has 6 nitrogen and oxygen atoms in total. The van der Waals surface area contributed by atoms with E-state index in [4.69, 9.17) is 0 Å². The van der Waals surface area contributed by atoms with E-state index in [9.17, 15) is 4.79 Å². The molecule has 4 rings (SSSR count). The van der Waals surface area contributed by atoms with Gasteiger partial charge < -0.3 is 15.1 Å². The van der Waals surface area contributed by atoms with Crippen LogP contribution < -0.4 is 10.2 Å². The maximum atomic E-state index is 12.8. The van der Waals surface area contributed by atoms with E-state index >= 15 is 0 Å². The van der Waals surface area contributed by atoms with Crippen molar-refractivity contribution in [1.29, 1.82) is 0 Å². The van der Waals surface area contributed by atoms with Crippen molar-refractivity contribution in [3.05, 3.63) is 78.1 Å². The van der Waals surface area contributed by atoms with Gasteiger partial charge in [0.1, 0.15) is 11.6 Å². The Morgan fingerprint density at radius 3 is 2.50 bits per heavy atom. The van der Waals surface area contributed by atoms with Crippen LogP contribution in [0.1, 0.15) is 15.9 Å². The van der Waals surface area contributed by atoms with Crippen molar-refractivity contribution in [3.63, 3.8) is 0 Å². The number of pyridine rings is 2. The van der Waals surface area contributed by atoms with Crippen LogP contribution in [0, 0.1) is 6.92 Å². The van der Waals surface area contributed by atoms with Gasteiger partial charge in [-0.3, -0.25) is 4.79 Å². The molecule has 1 aliphatic rings. The van der Waals surface area contributed by atoms with Crippen molar-refractivity contribution in [2.45, 2.75) is 6.92 Å². The molecule has 142 valence electrons. The Bertz CT molecular complexity index is 935. The predicted octanol–water partition coefficient (Wildman–Crippen LogP) is 3.49. The number of aryl methyl sites for hydroxylation is 1. The highest BCUT2D eigenvalue weighted by Crippen LogP contribution is 2.18. The smallest absolute Gasteiger partial charge is 0.255 e. The summed E-state index contributed by atoms with van der Waals surface area (Å²) in [5, 5.41) is 3.26. The van der Waals surface area contributed by atoms with Crippen LogP contribution in [0.15, 0.2) is 67.0 Å². The quantitative estimate of drug-likeness (QED) is 0.759. The lowest BCUT2D eigenvalue weighted by Gasteiger charge is -2.35. The fourth-order valence-electron chi connectivity index (χ4n) is 3.33. The van der Waals surface area contributed by atoms with E-state index in [0.717, 1.165) is 30.4 Å². The van der Waals surface area contributed by atoms with E-state index < -0.39 is 0 Å². The fraction of sp³-hybridized carbons (Fsp3) is 0.227. The van der Waals surface area contributed by atoms with E-state index in [0.29, 0.717) is 18.7 Å². The number of carbonyl (C=O) groups excluding carboxylic acids is 1. The van der Waals surface area contributed by atoms with Crippen molar-refractivity contribution in [2.24, 2.45) is 0 Å². The molecule has 1 fully saturated rings. The number of aromatic nitrogens is 2. The van der Waals surface area contributed by atoms with Gasteiger partial charge in [-0.05, 0) is 48.9 Å². The largest absolute Gasteiger partial charge is 0.353 e. The van der Waals surface area contributed by atoms with E-state index in [2.05, 4.69) is 26.3 Å². The molecule has 0 spiro atoms. The second-order valence-electron chi connectivity index (χ2n) is 6.89. The molecule has 6 heteroatoms. The second-order valence-corrected chi connectivity index (χ2v) is 6.89. The predicted molar refractivity (Wildman–Crippen MR) is 111 cm³/mol. The number of piperazine rings is 1. The number of carbonyl (C=O) groups is 1. The molecule has 0 saturated carbocycles. The first-order chi connectivity index (χ1) is 13.7. The van der Waals surface area contributed by atoms with E-state index in [1.165, 1.54) is 5.56 Å². The van der Waals surface area contributed by atoms with E-state index in [1.807, 2.05) is 60.4 Å². The molecule has 1 aliphatic heterocycles. The molecule has 28 heavy (non-hydrogen) atoms. The molecule has 1 saturated heterocycles.